The molecule has 0 saturated carbocycles. The number of halogens is 2. The summed E-state index contributed by atoms with van der Waals surface area (Å²) in [5.74, 6) is -3.41. The fourth-order valence-electron chi connectivity index (χ4n) is 0.661. The van der Waals surface area contributed by atoms with Gasteiger partial charge in [0.2, 0.25) is 0 Å². The zero-order valence-electron chi connectivity index (χ0n) is 5.79. The molecule has 1 aromatic rings. The first-order valence-electron chi connectivity index (χ1n) is 2.89. The molecule has 1 aromatic heterocycles. The van der Waals surface area contributed by atoms with Crippen molar-refractivity contribution in [2.24, 2.45) is 7.05 Å². The summed E-state index contributed by atoms with van der Waals surface area (Å²) < 4.78 is 26.2. The van der Waals surface area contributed by atoms with Gasteiger partial charge in [0.05, 0.1) is 11.8 Å². The monoisotopic (exact) mass is 160 g/mol. The predicted molar refractivity (Wildman–Crippen MR) is 33.2 cm³/mol. The number of alkyl halides is 2. The normalized spacial score (nSPS) is 11.5. The molecule has 0 spiro atoms. The second-order valence-electron chi connectivity index (χ2n) is 2.14. The summed E-state index contributed by atoms with van der Waals surface area (Å²) in [6.07, 6.45) is 1.67. The molecule has 60 valence electrons. The van der Waals surface area contributed by atoms with Gasteiger partial charge in [-0.2, -0.15) is 13.9 Å². The van der Waals surface area contributed by atoms with Crippen LogP contribution in [0.25, 0.3) is 0 Å². The van der Waals surface area contributed by atoms with Gasteiger partial charge in [0.15, 0.2) is 6.29 Å². The van der Waals surface area contributed by atoms with Gasteiger partial charge in [-0.3, -0.25) is 9.48 Å². The number of hydrogen-bond donors (Lipinski definition) is 0. The summed E-state index contributed by atoms with van der Waals surface area (Å²) in [6, 6.07) is 0. The summed E-state index contributed by atoms with van der Waals surface area (Å²) in [5, 5.41) is 3.51. The van der Waals surface area contributed by atoms with Crippen LogP contribution in [0, 0.1) is 0 Å². The van der Waals surface area contributed by atoms with E-state index >= 15 is 0 Å². The van der Waals surface area contributed by atoms with Crippen molar-refractivity contribution in [2.45, 2.75) is 5.92 Å². The maximum atomic E-state index is 12.5. The van der Waals surface area contributed by atoms with Crippen molar-refractivity contribution in [3.63, 3.8) is 0 Å². The van der Waals surface area contributed by atoms with Crippen molar-refractivity contribution >= 4 is 6.29 Å². The average Bonchev–Trinajstić information content (AvgIpc) is 2.36. The smallest absolute Gasteiger partial charge is 0.296 e. The first-order chi connectivity index (χ1) is 5.06. The molecule has 0 aliphatic carbocycles. The summed E-state index contributed by atoms with van der Waals surface area (Å²) in [4.78, 5) is 9.85. The van der Waals surface area contributed by atoms with Crippen LogP contribution in [0.1, 0.15) is 5.56 Å². The highest BCUT2D eigenvalue weighted by Crippen LogP contribution is 2.23. The Kier molecular flexibility index (Phi) is 1.72. The van der Waals surface area contributed by atoms with Crippen LogP contribution in [0.5, 0.6) is 0 Å². The maximum absolute atomic E-state index is 12.5. The first kappa shape index (κ1) is 7.84. The minimum Gasteiger partial charge on any atom is -0.296 e. The lowest BCUT2D eigenvalue weighted by atomic mass is 10.2. The molecule has 0 N–H and O–H groups in total. The maximum Gasteiger partial charge on any atom is 0.330 e. The van der Waals surface area contributed by atoms with E-state index in [9.17, 15) is 13.6 Å². The summed E-state index contributed by atoms with van der Waals surface area (Å²) >= 11 is 0. The molecule has 0 amide bonds. The van der Waals surface area contributed by atoms with E-state index in [0.717, 1.165) is 12.4 Å². The molecule has 0 bridgehead atoms. The van der Waals surface area contributed by atoms with Crippen LogP contribution in [0.2, 0.25) is 0 Å². The van der Waals surface area contributed by atoms with E-state index in [4.69, 9.17) is 0 Å². The van der Waals surface area contributed by atoms with Gasteiger partial charge < -0.3 is 0 Å². The van der Waals surface area contributed by atoms with Gasteiger partial charge in [-0.25, -0.2) is 0 Å². The third-order valence-electron chi connectivity index (χ3n) is 1.24. The van der Waals surface area contributed by atoms with Gasteiger partial charge in [0.1, 0.15) is 0 Å². The summed E-state index contributed by atoms with van der Waals surface area (Å²) in [5.41, 5.74) is -0.380. The first-order valence-corrected chi connectivity index (χ1v) is 2.89. The fourth-order valence-corrected chi connectivity index (χ4v) is 0.661. The lowest BCUT2D eigenvalue weighted by Crippen LogP contribution is -2.13. The van der Waals surface area contributed by atoms with Crippen molar-refractivity contribution in [1.29, 1.82) is 0 Å². The van der Waals surface area contributed by atoms with Crippen LogP contribution in [-0.4, -0.2) is 16.1 Å². The highest BCUT2D eigenvalue weighted by atomic mass is 19.3. The van der Waals surface area contributed by atoms with Crippen LogP contribution in [-0.2, 0) is 17.8 Å². The number of nitrogens with zero attached hydrogens (tertiary/aromatic N) is 2. The molecule has 0 aromatic carbocycles. The van der Waals surface area contributed by atoms with E-state index in [2.05, 4.69) is 5.10 Å². The van der Waals surface area contributed by atoms with E-state index < -0.39 is 12.2 Å². The summed E-state index contributed by atoms with van der Waals surface area (Å²) in [6.45, 7) is 0. The van der Waals surface area contributed by atoms with Crippen molar-refractivity contribution < 1.29 is 13.6 Å². The molecular formula is C6H6F2N2O. The van der Waals surface area contributed by atoms with Gasteiger partial charge >= 0.3 is 5.92 Å². The van der Waals surface area contributed by atoms with Crippen molar-refractivity contribution in [3.05, 3.63) is 18.0 Å². The van der Waals surface area contributed by atoms with Crippen molar-refractivity contribution in [2.75, 3.05) is 0 Å². The second-order valence-corrected chi connectivity index (χ2v) is 2.14. The topological polar surface area (TPSA) is 34.9 Å². The van der Waals surface area contributed by atoms with Crippen molar-refractivity contribution in [1.82, 2.24) is 9.78 Å². The van der Waals surface area contributed by atoms with Crippen LogP contribution >= 0.6 is 0 Å². The molecule has 0 atom stereocenters. The minimum atomic E-state index is -3.41. The third kappa shape index (κ3) is 1.42. The molecule has 0 aliphatic heterocycles. The van der Waals surface area contributed by atoms with Crippen LogP contribution < -0.4 is 0 Å². The van der Waals surface area contributed by atoms with Gasteiger partial charge in [0, 0.05) is 13.2 Å². The van der Waals surface area contributed by atoms with E-state index in [1.807, 2.05) is 0 Å². The van der Waals surface area contributed by atoms with E-state index in [1.54, 1.807) is 0 Å². The van der Waals surface area contributed by atoms with Crippen LogP contribution in [0.4, 0.5) is 8.78 Å². The van der Waals surface area contributed by atoms with Crippen LogP contribution in [0.3, 0.4) is 0 Å². The molecule has 0 fully saturated rings. The Morgan fingerprint density at radius 2 is 2.36 bits per heavy atom. The zero-order chi connectivity index (χ0) is 8.48. The highest BCUT2D eigenvalue weighted by molar-refractivity contribution is 5.62. The van der Waals surface area contributed by atoms with Crippen LogP contribution in [0.15, 0.2) is 12.4 Å². The van der Waals surface area contributed by atoms with Gasteiger partial charge in [0.25, 0.3) is 0 Å². The lowest BCUT2D eigenvalue weighted by Gasteiger charge is -2.03. The Bertz CT molecular complexity index is 269. The Morgan fingerprint density at radius 3 is 2.73 bits per heavy atom. The molecule has 11 heavy (non-hydrogen) atoms. The largest absolute Gasteiger partial charge is 0.330 e. The predicted octanol–water partition coefficient (Wildman–Crippen LogP) is 0.711. The Labute approximate surface area is 61.6 Å². The minimum absolute atomic E-state index is 0.380. The van der Waals surface area contributed by atoms with Gasteiger partial charge in [-0.05, 0) is 0 Å². The number of carbonyl (C=O) groups excluding carboxylic acids is 1. The van der Waals surface area contributed by atoms with E-state index in [-0.39, 0.29) is 5.56 Å². The Morgan fingerprint density at radius 1 is 1.73 bits per heavy atom. The number of carbonyl (C=O) groups is 1. The molecule has 1 heterocycles. The number of hydrogen-bond acceptors (Lipinski definition) is 2. The third-order valence-corrected chi connectivity index (χ3v) is 1.24. The van der Waals surface area contributed by atoms with Crippen molar-refractivity contribution in [3.8, 4) is 0 Å². The average molecular weight is 160 g/mol. The lowest BCUT2D eigenvalue weighted by molar-refractivity contribution is -0.130. The second kappa shape index (κ2) is 2.41. The molecule has 3 nitrogen and oxygen atoms in total. The SMILES string of the molecule is Cn1cc(C(F)(F)C=O)cn1. The highest BCUT2D eigenvalue weighted by Gasteiger charge is 2.31. The number of aryl methyl sites for hydroxylation is 1. The molecular weight excluding hydrogens is 154 g/mol. The Balaban J connectivity index is 3.01. The Hall–Kier alpha value is -1.26. The molecule has 1 rings (SSSR count). The molecule has 0 unspecified atom stereocenters. The van der Waals surface area contributed by atoms with Gasteiger partial charge in [-0.1, -0.05) is 0 Å². The van der Waals surface area contributed by atoms with E-state index in [0.29, 0.717) is 0 Å². The summed E-state index contributed by atoms with van der Waals surface area (Å²) in [7, 11) is 1.50. The van der Waals surface area contributed by atoms with E-state index in [1.165, 1.54) is 11.7 Å². The van der Waals surface area contributed by atoms with Gasteiger partial charge in [-0.15, -0.1) is 0 Å². The fraction of sp³-hybridized carbons (Fsp3) is 0.333. The standard InChI is InChI=1S/C6H6F2N2O/c1-10-3-5(2-9-10)6(7,8)4-11/h2-4H,1H3. The molecule has 0 aliphatic rings. The molecule has 5 heteroatoms. The zero-order valence-corrected chi connectivity index (χ0v) is 5.79. The molecule has 0 saturated heterocycles. The number of rotatable bonds is 2. The quantitative estimate of drug-likeness (QED) is 0.597. The number of aldehydes is 1. The number of aromatic nitrogens is 2. The molecule has 0 radical (unpaired) electrons.